The zero-order chi connectivity index (χ0) is 53.2. The van der Waals surface area contributed by atoms with E-state index < -0.39 is 157 Å². The third-order valence-corrected chi connectivity index (χ3v) is 14.7. The van der Waals surface area contributed by atoms with Crippen molar-refractivity contribution in [3.8, 4) is 0 Å². The molecule has 0 saturated carbocycles. The molecule has 11 N–H and O–H groups in total. The lowest BCUT2D eigenvalue weighted by Gasteiger charge is -2.19. The predicted molar refractivity (Wildman–Crippen MR) is 228 cm³/mol. The number of hydrogen-bond acceptors (Lipinski definition) is 24. The van der Waals surface area contributed by atoms with Crippen molar-refractivity contribution in [3.05, 3.63) is 99.3 Å². The second kappa shape index (κ2) is 23.4. The smallest absolute Gasteiger partial charge is 0.394 e. The Morgan fingerprint density at radius 3 is 1.13 bits per heavy atom. The molecule has 0 amide bonds. The van der Waals surface area contributed by atoms with E-state index in [1.165, 1.54) is 20.3 Å². The van der Waals surface area contributed by atoms with E-state index >= 15 is 0 Å². The first kappa shape index (κ1) is 59.4. The van der Waals surface area contributed by atoms with Crippen LogP contribution >= 0.6 is 52.0 Å². The standard InChI is InChI=1S/C10H13Cl2N2O7P.C10H17N2O15P3.C10H14N2O6/c1-13-6(15)2-3-14(10(13)18)9-8(17)7(16)5(21-9)4-20-22(11,12)19;1-11-6(13)2-3-12(10(11)16)9-8(15)7(14)5(25-9)4-24-29(20,21)27-30(22,23)26-28(17,18)19;1-11-6(14)2-3-12(10(11)17)9-8(16)7(15)5(4-13)18-9/h2-3,5,7-9,16-17H,4H2,1H3;2-3,5,7-9,14-15H,4H2,1H3,(H,20,21)(H,22,23)(H2,17,18,19);2-3,5,7-9,13,15-16H,4H2,1H3/t3*5-,7+,8?,9-/m111/s1. The normalized spacial score (nSPS) is 29.6. The lowest BCUT2D eigenvalue weighted by molar-refractivity contribution is -0.0555. The Morgan fingerprint density at radius 1 is 0.514 bits per heavy atom. The first-order valence-corrected chi connectivity index (χ1v) is 27.0. The van der Waals surface area contributed by atoms with E-state index in [9.17, 15) is 82.6 Å². The Hall–Kier alpha value is -3.18. The van der Waals surface area contributed by atoms with Crippen molar-refractivity contribution in [2.75, 3.05) is 19.8 Å². The van der Waals surface area contributed by atoms with E-state index in [2.05, 4.69) is 17.7 Å². The highest BCUT2D eigenvalue weighted by Crippen LogP contribution is 2.66. The molecule has 0 radical (unpaired) electrons. The van der Waals surface area contributed by atoms with Gasteiger partial charge in [-0.05, 0) is 22.5 Å². The highest BCUT2D eigenvalue weighted by molar-refractivity contribution is 8.05. The fourth-order valence-corrected chi connectivity index (χ4v) is 9.97. The maximum atomic E-state index is 12.1. The molecular weight excluding hydrogens is 1090 g/mol. The lowest BCUT2D eigenvalue weighted by atomic mass is 10.1. The maximum absolute atomic E-state index is 12.1. The number of phosphoric ester groups is 1. The van der Waals surface area contributed by atoms with E-state index in [1.807, 2.05) is 0 Å². The number of halogens is 2. The van der Waals surface area contributed by atoms with Gasteiger partial charge in [0.15, 0.2) is 18.7 Å². The van der Waals surface area contributed by atoms with Gasteiger partial charge in [-0.25, -0.2) is 28.1 Å². The Bertz CT molecular complexity index is 2920. The van der Waals surface area contributed by atoms with Crippen LogP contribution in [0, 0.1) is 0 Å². The summed E-state index contributed by atoms with van der Waals surface area (Å²) in [4.78, 5) is 105. The van der Waals surface area contributed by atoms with Crippen LogP contribution in [0.4, 0.5) is 0 Å². The number of aliphatic hydroxyl groups is 7. The number of aliphatic hydroxyl groups excluding tert-OH is 7. The summed E-state index contributed by atoms with van der Waals surface area (Å²) in [5.41, 5.74) is -3.98. The van der Waals surface area contributed by atoms with E-state index in [1.54, 1.807) is 0 Å². The van der Waals surface area contributed by atoms with E-state index in [0.717, 1.165) is 60.5 Å². The fourth-order valence-electron chi connectivity index (χ4n) is 6.28. The minimum absolute atomic E-state index is 0.445. The molecule has 0 spiro atoms. The first-order valence-electron chi connectivity index (χ1n) is 19.0. The van der Waals surface area contributed by atoms with E-state index in [0.29, 0.717) is 4.57 Å². The van der Waals surface area contributed by atoms with Crippen molar-refractivity contribution in [1.29, 1.82) is 0 Å². The number of nitrogens with zero attached hydrogens (tertiary/aromatic N) is 6. The molecule has 3 aliphatic rings. The van der Waals surface area contributed by atoms with Crippen LogP contribution in [0.5, 0.6) is 0 Å². The molecule has 3 saturated heterocycles. The molecule has 0 bridgehead atoms. The molecule has 0 aliphatic carbocycles. The molecule has 3 aliphatic heterocycles. The summed E-state index contributed by atoms with van der Waals surface area (Å²) in [5.74, 6) is 0. The van der Waals surface area contributed by atoms with E-state index in [4.69, 9.17) is 56.5 Å². The Kier molecular flexibility index (Phi) is 19.8. The fraction of sp³-hybridized carbons (Fsp3) is 0.600. The van der Waals surface area contributed by atoms with E-state index in [-0.39, 0.29) is 0 Å². The van der Waals surface area contributed by atoms with Crippen molar-refractivity contribution in [3.63, 3.8) is 0 Å². The molecular formula is C30H44Cl2N6O28P4. The quantitative estimate of drug-likeness (QED) is 0.0671. The van der Waals surface area contributed by atoms with Crippen LogP contribution in [-0.2, 0) is 71.3 Å². The Balaban J connectivity index is 0.000000236. The van der Waals surface area contributed by atoms with Crippen molar-refractivity contribution in [1.82, 2.24) is 27.4 Å². The van der Waals surface area contributed by atoms with Crippen LogP contribution in [0.15, 0.2) is 65.6 Å². The van der Waals surface area contributed by atoms with Crippen molar-refractivity contribution in [2.24, 2.45) is 21.1 Å². The number of aromatic nitrogens is 6. The van der Waals surface area contributed by atoms with Gasteiger partial charge in [0.2, 0.25) is 0 Å². The molecule has 70 heavy (non-hydrogen) atoms. The molecule has 6 heterocycles. The number of phosphoric acid groups is 3. The maximum Gasteiger partial charge on any atom is 0.490 e. The first-order chi connectivity index (χ1) is 32.1. The van der Waals surface area contributed by atoms with Gasteiger partial charge in [0.1, 0.15) is 54.9 Å². The third kappa shape index (κ3) is 14.7. The third-order valence-electron chi connectivity index (χ3n) is 9.87. The number of rotatable bonds is 14. The molecule has 6 rings (SSSR count). The second-order valence-electron chi connectivity index (χ2n) is 14.6. The Morgan fingerprint density at radius 2 is 0.829 bits per heavy atom. The van der Waals surface area contributed by atoms with Crippen molar-refractivity contribution < 1.29 is 105 Å². The van der Waals surface area contributed by atoms with Crippen LogP contribution in [0.25, 0.3) is 0 Å². The SMILES string of the molecule is Cn1c(=O)ccn([C@@H]2O[C@H](CO)[C@H](O)C2O)c1=O.Cn1c(=O)ccn([C@@H]2O[C@H](COP(=O)(Cl)Cl)[C@H](O)C2O)c1=O.Cn1c(=O)ccn([C@@H]2O[C@H](COP(=O)(O)OP(=O)(O)OP(=O)(O)O)[C@H](O)C2O)c1=O. The zero-order valence-corrected chi connectivity index (χ0v) is 40.7. The molecule has 14 atom stereocenters. The summed E-state index contributed by atoms with van der Waals surface area (Å²) < 4.78 is 81.4. The summed E-state index contributed by atoms with van der Waals surface area (Å²) in [6.45, 7) is -1.96. The number of hydrogen-bond donors (Lipinski definition) is 11. The van der Waals surface area contributed by atoms with Crippen molar-refractivity contribution >= 4 is 52.0 Å². The van der Waals surface area contributed by atoms with Gasteiger partial charge in [-0.15, -0.1) is 0 Å². The molecule has 34 nitrogen and oxygen atoms in total. The van der Waals surface area contributed by atoms with Crippen LogP contribution in [0.3, 0.4) is 0 Å². The van der Waals surface area contributed by atoms with Crippen LogP contribution < -0.4 is 33.7 Å². The predicted octanol–water partition coefficient (Wildman–Crippen LogP) is -5.56. The molecule has 5 unspecified atom stereocenters. The van der Waals surface area contributed by atoms with Gasteiger partial charge in [-0.3, -0.25) is 50.9 Å². The number of ether oxygens (including phenoxy) is 3. The average molecular weight is 1130 g/mol. The minimum atomic E-state index is -5.73. The monoisotopic (exact) mass is 1130 g/mol. The lowest BCUT2D eigenvalue weighted by Crippen LogP contribution is -2.41. The second-order valence-corrected chi connectivity index (χ2v) is 23.3. The summed E-state index contributed by atoms with van der Waals surface area (Å²) >= 11 is 10.4. The summed E-state index contributed by atoms with van der Waals surface area (Å²) in [6, 6.07) is 3.23. The van der Waals surface area contributed by atoms with Crippen molar-refractivity contribution in [2.45, 2.75) is 73.6 Å². The van der Waals surface area contributed by atoms with Crippen LogP contribution in [0.2, 0.25) is 0 Å². The van der Waals surface area contributed by atoms with Gasteiger partial charge in [-0.1, -0.05) is 0 Å². The summed E-state index contributed by atoms with van der Waals surface area (Å²) in [5, 5.41) is 68.2. The molecule has 40 heteroatoms. The highest BCUT2D eigenvalue weighted by atomic mass is 35.9. The van der Waals surface area contributed by atoms with Gasteiger partial charge in [0, 0.05) is 57.9 Å². The van der Waals surface area contributed by atoms with Crippen LogP contribution in [0.1, 0.15) is 18.7 Å². The highest BCUT2D eigenvalue weighted by Gasteiger charge is 2.48. The summed E-state index contributed by atoms with van der Waals surface area (Å²) in [7, 11) is -13.1. The zero-order valence-electron chi connectivity index (χ0n) is 35.6. The van der Waals surface area contributed by atoms with Gasteiger partial charge in [0.05, 0.1) is 19.8 Å². The minimum Gasteiger partial charge on any atom is -0.394 e. The van der Waals surface area contributed by atoms with Gasteiger partial charge < -0.3 is 74.1 Å². The molecule has 3 fully saturated rings. The average Bonchev–Trinajstić information content (AvgIpc) is 3.82. The van der Waals surface area contributed by atoms with Crippen LogP contribution in [-0.4, -0.2) is 157 Å². The molecule has 0 aromatic carbocycles. The Labute approximate surface area is 397 Å². The van der Waals surface area contributed by atoms with Gasteiger partial charge >= 0.3 is 46.6 Å². The van der Waals surface area contributed by atoms with Gasteiger partial charge in [-0.2, -0.15) is 8.62 Å². The molecule has 3 aromatic rings. The van der Waals surface area contributed by atoms with Gasteiger partial charge in [0.25, 0.3) is 16.7 Å². The molecule has 396 valence electrons. The topological polar surface area (TPSA) is 487 Å². The largest absolute Gasteiger partial charge is 0.490 e. The summed E-state index contributed by atoms with van der Waals surface area (Å²) in [6.07, 6.45) is -17.1. The molecule has 3 aromatic heterocycles.